The van der Waals surface area contributed by atoms with Crippen LogP contribution in [0.15, 0.2) is 18.6 Å². The van der Waals surface area contributed by atoms with Gasteiger partial charge in [0.25, 0.3) is 0 Å². The van der Waals surface area contributed by atoms with E-state index in [1.54, 1.807) is 18.6 Å². The second kappa shape index (κ2) is 6.12. The Morgan fingerprint density at radius 1 is 1.47 bits per heavy atom. The molecule has 0 unspecified atom stereocenters. The van der Waals surface area contributed by atoms with Gasteiger partial charge in [0.1, 0.15) is 0 Å². The molecular formula is C12H16N4O3. The molecule has 2 N–H and O–H groups in total. The van der Waals surface area contributed by atoms with E-state index in [0.717, 1.165) is 12.8 Å². The van der Waals surface area contributed by atoms with E-state index < -0.39 is 6.09 Å². The van der Waals surface area contributed by atoms with Gasteiger partial charge in [0.2, 0.25) is 5.91 Å². The minimum absolute atomic E-state index is 0.128. The summed E-state index contributed by atoms with van der Waals surface area (Å²) in [4.78, 5) is 32.1. The Hall–Kier alpha value is -2.18. The summed E-state index contributed by atoms with van der Waals surface area (Å²) in [5.74, 6) is -0.405. The Labute approximate surface area is 110 Å². The number of nitrogens with one attached hydrogen (secondary N) is 1. The number of aromatic nitrogens is 2. The molecule has 7 nitrogen and oxygen atoms in total. The molecule has 1 saturated heterocycles. The molecular weight excluding hydrogens is 248 g/mol. The van der Waals surface area contributed by atoms with Crippen molar-refractivity contribution in [3.8, 4) is 0 Å². The van der Waals surface area contributed by atoms with E-state index in [1.807, 2.05) is 0 Å². The maximum Gasteiger partial charge on any atom is 0.407 e. The topological polar surface area (TPSA) is 95.4 Å². The van der Waals surface area contributed by atoms with Crippen LogP contribution in [0.1, 0.15) is 18.5 Å². The van der Waals surface area contributed by atoms with Crippen LogP contribution < -0.4 is 5.32 Å². The third-order valence-corrected chi connectivity index (χ3v) is 3.12. The van der Waals surface area contributed by atoms with E-state index in [1.165, 1.54) is 4.90 Å². The fourth-order valence-electron chi connectivity index (χ4n) is 2.11. The minimum Gasteiger partial charge on any atom is -0.465 e. The van der Waals surface area contributed by atoms with Crippen molar-refractivity contribution in [3.63, 3.8) is 0 Å². The molecule has 1 aromatic heterocycles. The summed E-state index contributed by atoms with van der Waals surface area (Å²) < 4.78 is 0. The van der Waals surface area contributed by atoms with Gasteiger partial charge in [0.05, 0.1) is 24.4 Å². The molecule has 1 atom stereocenters. The number of piperidine rings is 1. The van der Waals surface area contributed by atoms with Crippen LogP contribution in [0.2, 0.25) is 0 Å². The molecule has 1 aliphatic heterocycles. The first-order valence-corrected chi connectivity index (χ1v) is 6.17. The number of hydrogen-bond donors (Lipinski definition) is 2. The summed E-state index contributed by atoms with van der Waals surface area (Å²) in [7, 11) is 0. The van der Waals surface area contributed by atoms with Crippen molar-refractivity contribution < 1.29 is 14.7 Å². The van der Waals surface area contributed by atoms with E-state index in [4.69, 9.17) is 5.11 Å². The number of carbonyl (C=O) groups is 2. The van der Waals surface area contributed by atoms with Crippen LogP contribution in [-0.2, 0) is 11.3 Å². The Morgan fingerprint density at radius 3 is 3.00 bits per heavy atom. The van der Waals surface area contributed by atoms with Crippen LogP contribution in [0.3, 0.4) is 0 Å². The van der Waals surface area contributed by atoms with Crippen LogP contribution >= 0.6 is 0 Å². The standard InChI is InChI=1S/C12H16N4O3/c17-11(15-7-10-6-13-3-4-14-10)9-2-1-5-16(8-9)12(18)19/h3-4,6,9H,1-2,5,7-8H2,(H,15,17)(H,18,19)/t9-/m0/s1. The third kappa shape index (κ3) is 3.64. The van der Waals surface area contributed by atoms with Crippen molar-refractivity contribution in [3.05, 3.63) is 24.3 Å². The van der Waals surface area contributed by atoms with Crippen molar-refractivity contribution in [1.29, 1.82) is 0 Å². The first-order valence-electron chi connectivity index (χ1n) is 6.17. The number of carboxylic acid groups (broad SMARTS) is 1. The molecule has 2 heterocycles. The lowest BCUT2D eigenvalue weighted by Gasteiger charge is -2.29. The molecule has 0 bridgehead atoms. The molecule has 0 radical (unpaired) electrons. The zero-order valence-electron chi connectivity index (χ0n) is 10.5. The average Bonchev–Trinajstić information content (AvgIpc) is 2.46. The molecule has 1 aromatic rings. The van der Waals surface area contributed by atoms with Gasteiger partial charge in [-0.05, 0) is 12.8 Å². The Bertz CT molecular complexity index is 452. The fourth-order valence-corrected chi connectivity index (χ4v) is 2.11. The Morgan fingerprint density at radius 2 is 2.32 bits per heavy atom. The second-order valence-corrected chi connectivity index (χ2v) is 4.48. The SMILES string of the molecule is O=C(NCc1cnccn1)[C@H]1CCCN(C(=O)O)C1. The summed E-state index contributed by atoms with van der Waals surface area (Å²) in [6, 6.07) is 0. The Kier molecular flexibility index (Phi) is 4.27. The van der Waals surface area contributed by atoms with Gasteiger partial charge in [-0.1, -0.05) is 0 Å². The normalized spacial score (nSPS) is 18.9. The van der Waals surface area contributed by atoms with Crippen LogP contribution in [-0.4, -0.2) is 45.1 Å². The molecule has 102 valence electrons. The highest BCUT2D eigenvalue weighted by Crippen LogP contribution is 2.16. The van der Waals surface area contributed by atoms with Crippen LogP contribution in [0.4, 0.5) is 4.79 Å². The second-order valence-electron chi connectivity index (χ2n) is 4.48. The predicted molar refractivity (Wildman–Crippen MR) is 66.2 cm³/mol. The van der Waals surface area contributed by atoms with E-state index in [0.29, 0.717) is 18.8 Å². The fraction of sp³-hybridized carbons (Fsp3) is 0.500. The summed E-state index contributed by atoms with van der Waals surface area (Å²) in [6.07, 6.45) is 5.19. The monoisotopic (exact) mass is 264 g/mol. The van der Waals surface area contributed by atoms with E-state index in [9.17, 15) is 9.59 Å². The largest absolute Gasteiger partial charge is 0.465 e. The predicted octanol–water partition coefficient (Wildman–Crippen LogP) is 0.483. The zero-order valence-corrected chi connectivity index (χ0v) is 10.5. The molecule has 0 spiro atoms. The van der Waals surface area contributed by atoms with Gasteiger partial charge < -0.3 is 15.3 Å². The van der Waals surface area contributed by atoms with Crippen LogP contribution in [0.25, 0.3) is 0 Å². The molecule has 19 heavy (non-hydrogen) atoms. The lowest BCUT2D eigenvalue weighted by molar-refractivity contribution is -0.126. The first kappa shape index (κ1) is 13.3. The summed E-state index contributed by atoms with van der Waals surface area (Å²) in [5, 5.41) is 11.7. The number of hydrogen-bond acceptors (Lipinski definition) is 4. The van der Waals surface area contributed by atoms with Crippen molar-refractivity contribution in [2.75, 3.05) is 13.1 Å². The first-order chi connectivity index (χ1) is 9.16. The number of rotatable bonds is 3. The summed E-state index contributed by atoms with van der Waals surface area (Å²) in [5.41, 5.74) is 0.682. The highest BCUT2D eigenvalue weighted by atomic mass is 16.4. The van der Waals surface area contributed by atoms with E-state index in [-0.39, 0.29) is 18.4 Å². The minimum atomic E-state index is -0.966. The maximum absolute atomic E-state index is 12.0. The molecule has 1 aliphatic rings. The Balaban J connectivity index is 1.84. The lowest BCUT2D eigenvalue weighted by atomic mass is 9.97. The van der Waals surface area contributed by atoms with E-state index in [2.05, 4.69) is 15.3 Å². The van der Waals surface area contributed by atoms with Gasteiger partial charge in [0.15, 0.2) is 0 Å². The van der Waals surface area contributed by atoms with Gasteiger partial charge in [-0.25, -0.2) is 4.79 Å². The molecule has 2 rings (SSSR count). The van der Waals surface area contributed by atoms with Crippen LogP contribution in [0.5, 0.6) is 0 Å². The number of nitrogens with zero attached hydrogens (tertiary/aromatic N) is 3. The van der Waals surface area contributed by atoms with Gasteiger partial charge in [-0.3, -0.25) is 14.8 Å². The highest BCUT2D eigenvalue weighted by molar-refractivity contribution is 5.79. The van der Waals surface area contributed by atoms with Crippen molar-refractivity contribution >= 4 is 12.0 Å². The summed E-state index contributed by atoms with van der Waals surface area (Å²) >= 11 is 0. The molecule has 0 aliphatic carbocycles. The number of likely N-dealkylation sites (tertiary alicyclic amines) is 1. The quantitative estimate of drug-likeness (QED) is 0.828. The molecule has 2 amide bonds. The van der Waals surface area contributed by atoms with E-state index >= 15 is 0 Å². The van der Waals surface area contributed by atoms with Gasteiger partial charge in [0, 0.05) is 25.5 Å². The van der Waals surface area contributed by atoms with Gasteiger partial charge >= 0.3 is 6.09 Å². The van der Waals surface area contributed by atoms with Gasteiger partial charge in [-0.15, -0.1) is 0 Å². The molecule has 1 fully saturated rings. The third-order valence-electron chi connectivity index (χ3n) is 3.12. The lowest BCUT2D eigenvalue weighted by Crippen LogP contribution is -2.44. The molecule has 0 aromatic carbocycles. The van der Waals surface area contributed by atoms with Crippen molar-refractivity contribution in [2.24, 2.45) is 5.92 Å². The average molecular weight is 264 g/mol. The zero-order chi connectivity index (χ0) is 13.7. The maximum atomic E-state index is 12.0. The summed E-state index contributed by atoms with van der Waals surface area (Å²) in [6.45, 7) is 1.08. The number of amides is 2. The smallest absolute Gasteiger partial charge is 0.407 e. The van der Waals surface area contributed by atoms with Gasteiger partial charge in [-0.2, -0.15) is 0 Å². The highest BCUT2D eigenvalue weighted by Gasteiger charge is 2.27. The molecule has 7 heteroatoms. The van der Waals surface area contributed by atoms with Crippen LogP contribution in [0, 0.1) is 5.92 Å². The van der Waals surface area contributed by atoms with Crippen molar-refractivity contribution in [2.45, 2.75) is 19.4 Å². The number of carbonyl (C=O) groups excluding carboxylic acids is 1. The molecule has 0 saturated carbocycles. The van der Waals surface area contributed by atoms with Crippen molar-refractivity contribution in [1.82, 2.24) is 20.2 Å².